The number of hydrogen-bond donors (Lipinski definition) is 1. The topological polar surface area (TPSA) is 111 Å². The van der Waals surface area contributed by atoms with Gasteiger partial charge in [-0.1, -0.05) is 52.0 Å². The average Bonchev–Trinajstić information content (AvgIpc) is 3.16. The second kappa shape index (κ2) is 19.3. The van der Waals surface area contributed by atoms with Crippen LogP contribution in [0.3, 0.4) is 0 Å². The number of ether oxygens (including phenoxy) is 3. The SMILES string of the molecule is CC.CC.CCN1/C(=C\C=N/SOC(=N)C2=CC=CCC=C2C)C(C)(Cc2ccc(OC(C)=O)c(OC(C)=O)c2)c2cc(OC)ccc21. The molecule has 0 saturated carbocycles. The first kappa shape index (κ1) is 39.6. The summed E-state index contributed by atoms with van der Waals surface area (Å²) >= 11 is 0.844. The van der Waals surface area contributed by atoms with E-state index in [4.69, 9.17) is 23.8 Å². The maximum absolute atomic E-state index is 11.8. The molecule has 0 saturated heterocycles. The van der Waals surface area contributed by atoms with Gasteiger partial charge in [0.2, 0.25) is 18.1 Å². The molecule has 48 heavy (non-hydrogen) atoms. The van der Waals surface area contributed by atoms with Crippen LogP contribution < -0.4 is 19.1 Å². The molecule has 0 fully saturated rings. The lowest BCUT2D eigenvalue weighted by atomic mass is 9.76. The van der Waals surface area contributed by atoms with Crippen molar-refractivity contribution in [3.63, 3.8) is 0 Å². The summed E-state index contributed by atoms with van der Waals surface area (Å²) in [4.78, 5) is 25.7. The van der Waals surface area contributed by atoms with E-state index in [0.29, 0.717) is 13.0 Å². The van der Waals surface area contributed by atoms with E-state index in [9.17, 15) is 9.59 Å². The van der Waals surface area contributed by atoms with E-state index in [2.05, 4.69) is 29.2 Å². The highest BCUT2D eigenvalue weighted by Crippen LogP contribution is 2.51. The molecular formula is C38H49N3O6S. The molecule has 0 radical (unpaired) electrons. The Hall–Kier alpha value is -4.57. The van der Waals surface area contributed by atoms with E-state index in [1.807, 2.05) is 83.2 Å². The van der Waals surface area contributed by atoms with Crippen molar-refractivity contribution in [1.29, 1.82) is 5.41 Å². The number of anilines is 1. The monoisotopic (exact) mass is 675 g/mol. The molecule has 0 bridgehead atoms. The predicted octanol–water partition coefficient (Wildman–Crippen LogP) is 9.28. The van der Waals surface area contributed by atoms with Crippen molar-refractivity contribution < 1.29 is 28.0 Å². The van der Waals surface area contributed by atoms with Crippen molar-refractivity contribution >= 4 is 42.0 Å². The zero-order valence-corrected chi connectivity index (χ0v) is 30.6. The minimum Gasteiger partial charge on any atom is -0.497 e. The summed E-state index contributed by atoms with van der Waals surface area (Å²) < 4.78 is 26.2. The molecule has 2 aromatic carbocycles. The Morgan fingerprint density at radius 3 is 2.38 bits per heavy atom. The smallest absolute Gasteiger partial charge is 0.308 e. The van der Waals surface area contributed by atoms with Gasteiger partial charge in [-0.25, -0.2) is 0 Å². The van der Waals surface area contributed by atoms with Crippen LogP contribution in [0.25, 0.3) is 0 Å². The Labute approximate surface area is 290 Å². The lowest BCUT2D eigenvalue weighted by molar-refractivity contribution is -0.134. The van der Waals surface area contributed by atoms with Gasteiger partial charge in [-0.15, -0.1) is 0 Å². The Morgan fingerprint density at radius 1 is 1.04 bits per heavy atom. The van der Waals surface area contributed by atoms with Crippen LogP contribution in [0.15, 0.2) is 88.0 Å². The molecule has 9 nitrogen and oxygen atoms in total. The average molecular weight is 676 g/mol. The van der Waals surface area contributed by atoms with E-state index < -0.39 is 17.4 Å². The molecule has 0 aromatic heterocycles. The first-order chi connectivity index (χ1) is 23.1. The molecule has 4 rings (SSSR count). The van der Waals surface area contributed by atoms with E-state index >= 15 is 0 Å². The van der Waals surface area contributed by atoms with Gasteiger partial charge in [0.1, 0.15) is 5.75 Å². The third kappa shape index (κ3) is 9.97. The maximum Gasteiger partial charge on any atom is 0.308 e. The number of nitrogens with one attached hydrogen (secondary N) is 1. The summed E-state index contributed by atoms with van der Waals surface area (Å²) in [5.41, 5.74) is 5.15. The Kier molecular flexibility index (Phi) is 15.9. The highest BCUT2D eigenvalue weighted by Gasteiger charge is 2.43. The van der Waals surface area contributed by atoms with Crippen LogP contribution in [0.5, 0.6) is 17.2 Å². The summed E-state index contributed by atoms with van der Waals surface area (Å²) in [6, 6.07) is 11.3. The molecule has 2 aromatic rings. The number of rotatable bonds is 10. The number of nitrogens with zero attached hydrogens (tertiary/aromatic N) is 2. The Morgan fingerprint density at radius 2 is 1.73 bits per heavy atom. The Bertz CT molecular complexity index is 1610. The number of esters is 2. The second-order valence-corrected chi connectivity index (χ2v) is 11.1. The third-order valence-electron chi connectivity index (χ3n) is 7.42. The molecule has 258 valence electrons. The van der Waals surface area contributed by atoms with Crippen LogP contribution in [0.1, 0.15) is 79.9 Å². The van der Waals surface area contributed by atoms with Crippen molar-refractivity contribution in [2.24, 2.45) is 4.40 Å². The maximum atomic E-state index is 11.8. The van der Waals surface area contributed by atoms with Gasteiger partial charge in [0.05, 0.1) is 7.11 Å². The van der Waals surface area contributed by atoms with Gasteiger partial charge in [0.15, 0.2) is 11.5 Å². The van der Waals surface area contributed by atoms with Gasteiger partial charge in [0.25, 0.3) is 0 Å². The van der Waals surface area contributed by atoms with Crippen LogP contribution in [-0.2, 0) is 25.6 Å². The molecule has 1 unspecified atom stereocenters. The Balaban J connectivity index is 0.00000193. The number of carbonyl (C=O) groups is 2. The highest BCUT2D eigenvalue weighted by molar-refractivity contribution is 7.93. The summed E-state index contributed by atoms with van der Waals surface area (Å²) in [5, 5.41) is 8.35. The number of likely N-dealkylation sites (N-methyl/N-ethyl adjacent to an activating group) is 1. The van der Waals surface area contributed by atoms with E-state index in [-0.39, 0.29) is 17.4 Å². The number of carbonyl (C=O) groups excluding carboxylic acids is 2. The van der Waals surface area contributed by atoms with Gasteiger partial charge in [-0.3, -0.25) is 15.0 Å². The standard InChI is InChI=1S/C34H37N3O6S.2C2H6/c1-7-37-29-15-14-26(40-6)20-28(29)34(5,21-25-13-16-30(41-23(3)38)31(19-25)42-24(4)39)32(37)17-18-36-44-43-33(35)27-12-10-8-9-11-22(27)2;2*1-2/h8,10-20,35H,7,9,21H2,1-6H3;2*1-2H3/b32-17-,35-33?,36-18-;;. The molecule has 2 aliphatic rings. The fourth-order valence-corrected chi connectivity index (χ4v) is 5.76. The summed E-state index contributed by atoms with van der Waals surface area (Å²) in [5.74, 6) is 0.110. The van der Waals surface area contributed by atoms with Crippen LogP contribution in [0, 0.1) is 5.41 Å². The van der Waals surface area contributed by atoms with E-state index in [1.54, 1.807) is 25.5 Å². The van der Waals surface area contributed by atoms with Crippen molar-refractivity contribution in [2.75, 3.05) is 18.6 Å². The van der Waals surface area contributed by atoms with Crippen molar-refractivity contribution in [3.8, 4) is 17.2 Å². The fraction of sp³-hybridized carbons (Fsp3) is 0.368. The van der Waals surface area contributed by atoms with Crippen LogP contribution in [-0.4, -0.2) is 37.7 Å². The van der Waals surface area contributed by atoms with Crippen molar-refractivity contribution in [3.05, 3.63) is 94.7 Å². The summed E-state index contributed by atoms with van der Waals surface area (Å²) in [6.07, 6.45) is 12.8. The van der Waals surface area contributed by atoms with Crippen molar-refractivity contribution in [2.45, 2.75) is 80.6 Å². The number of methoxy groups -OCH3 is 1. The molecule has 10 heteroatoms. The molecule has 1 N–H and O–H groups in total. The first-order valence-corrected chi connectivity index (χ1v) is 16.9. The van der Waals surface area contributed by atoms with Crippen molar-refractivity contribution in [1.82, 2.24) is 0 Å². The predicted molar refractivity (Wildman–Crippen MR) is 197 cm³/mol. The van der Waals surface area contributed by atoms with Crippen LogP contribution in [0.2, 0.25) is 0 Å². The third-order valence-corrected chi connectivity index (χ3v) is 7.87. The molecule has 0 spiro atoms. The van der Waals surface area contributed by atoms with Gasteiger partial charge < -0.3 is 23.3 Å². The van der Waals surface area contributed by atoms with Gasteiger partial charge in [0, 0.05) is 49.0 Å². The molecule has 0 amide bonds. The number of hydrogen-bond acceptors (Lipinski definition) is 10. The lowest BCUT2D eigenvalue weighted by Crippen LogP contribution is -2.30. The summed E-state index contributed by atoms with van der Waals surface area (Å²) in [7, 11) is 1.64. The number of allylic oxidation sites excluding steroid dienone is 6. The lowest BCUT2D eigenvalue weighted by Gasteiger charge is -2.30. The fourth-order valence-electron chi connectivity index (χ4n) is 5.44. The summed E-state index contributed by atoms with van der Waals surface area (Å²) in [6.45, 7) is 17.5. The molecule has 1 aliphatic heterocycles. The molecular weight excluding hydrogens is 627 g/mol. The first-order valence-electron chi connectivity index (χ1n) is 16.2. The van der Waals surface area contributed by atoms with Crippen LogP contribution in [0.4, 0.5) is 5.69 Å². The minimum absolute atomic E-state index is 0.0428. The van der Waals surface area contributed by atoms with E-state index in [1.165, 1.54) is 13.8 Å². The zero-order chi connectivity index (χ0) is 35.9. The number of fused-ring (bicyclic) bond motifs is 1. The quantitative estimate of drug-likeness (QED) is 0.0663. The second-order valence-electron chi connectivity index (χ2n) is 10.5. The van der Waals surface area contributed by atoms with Gasteiger partial charge in [-0.2, -0.15) is 4.40 Å². The van der Waals surface area contributed by atoms with Gasteiger partial charge >= 0.3 is 11.9 Å². The zero-order valence-electron chi connectivity index (χ0n) is 29.8. The molecule has 1 aliphatic carbocycles. The molecule has 1 heterocycles. The normalized spacial score (nSPS) is 17.1. The molecule has 1 atom stereocenters. The largest absolute Gasteiger partial charge is 0.497 e. The van der Waals surface area contributed by atoms with Gasteiger partial charge in [-0.05, 0) is 92.8 Å². The highest BCUT2D eigenvalue weighted by atomic mass is 32.2. The number of benzene rings is 2. The van der Waals surface area contributed by atoms with Crippen LogP contribution >= 0.6 is 12.2 Å². The minimum atomic E-state index is -0.542. The van der Waals surface area contributed by atoms with E-state index in [0.717, 1.165) is 58.1 Å².